The summed E-state index contributed by atoms with van der Waals surface area (Å²) in [7, 11) is 0. The zero-order valence-corrected chi connectivity index (χ0v) is 15.3. The number of piperidine rings is 1. The minimum absolute atomic E-state index is 0.0387. The van der Waals surface area contributed by atoms with E-state index >= 15 is 0 Å². The highest BCUT2D eigenvalue weighted by atomic mass is 19.1. The molecular formula is C20H19FN4O3. The van der Waals surface area contributed by atoms with Gasteiger partial charge in [-0.15, -0.1) is 0 Å². The largest absolute Gasteiger partial charge is 0.371 e. The summed E-state index contributed by atoms with van der Waals surface area (Å²) in [6.45, 7) is 2.87. The van der Waals surface area contributed by atoms with Crippen LogP contribution < -0.4 is 10.2 Å². The number of nitrogens with zero attached hydrogens (tertiary/aromatic N) is 3. The highest BCUT2D eigenvalue weighted by Crippen LogP contribution is 2.32. The third kappa shape index (κ3) is 4.09. The monoisotopic (exact) mass is 382 g/mol. The number of hydrogen-bond donors (Lipinski definition) is 1. The summed E-state index contributed by atoms with van der Waals surface area (Å²) in [5.41, 5.74) is 1.78. The van der Waals surface area contributed by atoms with Crippen molar-refractivity contribution in [2.45, 2.75) is 25.8 Å². The number of anilines is 1. The molecule has 0 radical (unpaired) electrons. The fourth-order valence-corrected chi connectivity index (χ4v) is 3.40. The van der Waals surface area contributed by atoms with Gasteiger partial charge in [0.2, 0.25) is 0 Å². The third-order valence-electron chi connectivity index (χ3n) is 4.96. The molecule has 0 atom stereocenters. The van der Waals surface area contributed by atoms with Gasteiger partial charge in [0.15, 0.2) is 0 Å². The van der Waals surface area contributed by atoms with Crippen molar-refractivity contribution in [3.8, 4) is 6.07 Å². The van der Waals surface area contributed by atoms with Crippen LogP contribution in [-0.4, -0.2) is 30.0 Å². The maximum Gasteiger partial charge on any atom is 0.275 e. The number of nitro benzene ring substituents is 1. The molecule has 0 aliphatic carbocycles. The Morgan fingerprint density at radius 3 is 2.50 bits per heavy atom. The van der Waals surface area contributed by atoms with Crippen molar-refractivity contribution in [2.75, 3.05) is 18.0 Å². The van der Waals surface area contributed by atoms with Crippen LogP contribution in [0.3, 0.4) is 0 Å². The Labute approximate surface area is 161 Å². The zero-order valence-electron chi connectivity index (χ0n) is 15.3. The first kappa shape index (κ1) is 19.3. The predicted octanol–water partition coefficient (Wildman–Crippen LogP) is 3.31. The lowest BCUT2D eigenvalue weighted by atomic mass is 10.0. The lowest BCUT2D eigenvalue weighted by Gasteiger charge is -2.34. The lowest BCUT2D eigenvalue weighted by molar-refractivity contribution is -0.385. The van der Waals surface area contributed by atoms with Gasteiger partial charge < -0.3 is 10.2 Å². The number of rotatable bonds is 4. The highest BCUT2D eigenvalue weighted by Gasteiger charge is 2.25. The summed E-state index contributed by atoms with van der Waals surface area (Å²) in [6.07, 6.45) is 1.33. The summed E-state index contributed by atoms with van der Waals surface area (Å²) in [4.78, 5) is 25.1. The van der Waals surface area contributed by atoms with Gasteiger partial charge in [-0.1, -0.05) is 0 Å². The molecule has 0 saturated carbocycles. The SMILES string of the molecule is Cc1c(N2CCC(NC(=O)c3ccc(F)cc3)CC2)cc(C#N)cc1[N+](=O)[O-]. The van der Waals surface area contributed by atoms with Gasteiger partial charge in [-0.25, -0.2) is 4.39 Å². The molecule has 28 heavy (non-hydrogen) atoms. The molecule has 0 bridgehead atoms. The first-order valence-corrected chi connectivity index (χ1v) is 8.89. The fraction of sp³-hybridized carbons (Fsp3) is 0.300. The van der Waals surface area contributed by atoms with Crippen molar-refractivity contribution in [1.29, 1.82) is 5.26 Å². The second-order valence-corrected chi connectivity index (χ2v) is 6.75. The molecule has 7 nitrogen and oxygen atoms in total. The molecule has 1 amide bonds. The Bertz CT molecular complexity index is 945. The van der Waals surface area contributed by atoms with E-state index in [9.17, 15) is 19.3 Å². The second kappa shape index (κ2) is 8.05. The molecule has 1 N–H and O–H groups in total. The normalized spacial score (nSPS) is 14.4. The van der Waals surface area contributed by atoms with E-state index in [1.807, 2.05) is 11.0 Å². The average Bonchev–Trinajstić information content (AvgIpc) is 2.69. The first-order chi connectivity index (χ1) is 13.4. The van der Waals surface area contributed by atoms with Crippen molar-refractivity contribution < 1.29 is 14.1 Å². The molecule has 0 unspecified atom stereocenters. The summed E-state index contributed by atoms with van der Waals surface area (Å²) >= 11 is 0. The van der Waals surface area contributed by atoms with Crippen molar-refractivity contribution in [1.82, 2.24) is 5.32 Å². The van der Waals surface area contributed by atoms with Gasteiger partial charge in [-0.2, -0.15) is 5.26 Å². The number of nitro groups is 1. The van der Waals surface area contributed by atoms with E-state index in [4.69, 9.17) is 5.26 Å². The van der Waals surface area contributed by atoms with Gasteiger partial charge >= 0.3 is 0 Å². The quantitative estimate of drug-likeness (QED) is 0.646. The van der Waals surface area contributed by atoms with Gasteiger partial charge in [0, 0.05) is 36.4 Å². The summed E-state index contributed by atoms with van der Waals surface area (Å²) in [5, 5.41) is 23.4. The molecular weight excluding hydrogens is 363 g/mol. The number of hydrogen-bond acceptors (Lipinski definition) is 5. The molecule has 8 heteroatoms. The topological polar surface area (TPSA) is 99.3 Å². The fourth-order valence-electron chi connectivity index (χ4n) is 3.40. The van der Waals surface area contributed by atoms with E-state index in [-0.39, 0.29) is 23.2 Å². The Balaban J connectivity index is 1.68. The van der Waals surface area contributed by atoms with Crippen LogP contribution in [-0.2, 0) is 0 Å². The van der Waals surface area contributed by atoms with Crippen LogP contribution in [0.15, 0.2) is 36.4 Å². The van der Waals surface area contributed by atoms with Crippen LogP contribution >= 0.6 is 0 Å². The van der Waals surface area contributed by atoms with E-state index in [2.05, 4.69) is 5.32 Å². The molecule has 0 aromatic heterocycles. The van der Waals surface area contributed by atoms with E-state index in [0.717, 1.165) is 0 Å². The summed E-state index contributed by atoms with van der Waals surface area (Å²) in [6, 6.07) is 10.3. The summed E-state index contributed by atoms with van der Waals surface area (Å²) < 4.78 is 13.0. The standard InChI is InChI=1S/C20H19FN4O3/c1-13-18(10-14(12-22)11-19(13)25(27)28)24-8-6-17(7-9-24)23-20(26)15-2-4-16(21)5-3-15/h2-5,10-11,17H,6-9H2,1H3,(H,23,26). The molecule has 144 valence electrons. The molecule has 1 saturated heterocycles. The van der Waals surface area contributed by atoms with Gasteiger partial charge in [0.05, 0.1) is 22.1 Å². The van der Waals surface area contributed by atoms with Crippen molar-refractivity contribution in [3.63, 3.8) is 0 Å². The number of nitrogens with one attached hydrogen (secondary N) is 1. The van der Waals surface area contributed by atoms with E-state index in [1.54, 1.807) is 13.0 Å². The van der Waals surface area contributed by atoms with Crippen LogP contribution in [0.25, 0.3) is 0 Å². The summed E-state index contributed by atoms with van der Waals surface area (Å²) in [5.74, 6) is -0.648. The third-order valence-corrected chi connectivity index (χ3v) is 4.96. The van der Waals surface area contributed by atoms with E-state index in [1.165, 1.54) is 30.3 Å². The lowest BCUT2D eigenvalue weighted by Crippen LogP contribution is -2.45. The smallest absolute Gasteiger partial charge is 0.275 e. The van der Waals surface area contributed by atoms with Gasteiger partial charge in [0.25, 0.3) is 11.6 Å². The Morgan fingerprint density at radius 2 is 1.93 bits per heavy atom. The van der Waals surface area contributed by atoms with Crippen LogP contribution in [0.4, 0.5) is 15.8 Å². The molecule has 2 aromatic carbocycles. The van der Waals surface area contributed by atoms with Crippen LogP contribution in [0, 0.1) is 34.2 Å². The maximum atomic E-state index is 13.0. The number of halogens is 1. The molecule has 1 aliphatic rings. The maximum absolute atomic E-state index is 13.0. The van der Waals surface area contributed by atoms with Crippen LogP contribution in [0.2, 0.25) is 0 Å². The van der Waals surface area contributed by atoms with Crippen molar-refractivity contribution >= 4 is 17.3 Å². The predicted molar refractivity (Wildman–Crippen MR) is 102 cm³/mol. The van der Waals surface area contributed by atoms with Crippen molar-refractivity contribution in [3.05, 3.63) is 69.0 Å². The Morgan fingerprint density at radius 1 is 1.29 bits per heavy atom. The minimum atomic E-state index is -0.477. The van der Waals surface area contributed by atoms with E-state index in [0.29, 0.717) is 42.7 Å². The molecule has 3 rings (SSSR count). The highest BCUT2D eigenvalue weighted by molar-refractivity contribution is 5.94. The Hall–Kier alpha value is -3.47. The van der Waals surface area contributed by atoms with Gasteiger partial charge in [-0.05, 0) is 50.1 Å². The molecule has 1 heterocycles. The van der Waals surface area contributed by atoms with Gasteiger partial charge in [-0.3, -0.25) is 14.9 Å². The minimum Gasteiger partial charge on any atom is -0.371 e. The molecule has 0 spiro atoms. The second-order valence-electron chi connectivity index (χ2n) is 6.75. The molecule has 1 aliphatic heterocycles. The first-order valence-electron chi connectivity index (χ1n) is 8.89. The number of benzene rings is 2. The average molecular weight is 382 g/mol. The molecule has 1 fully saturated rings. The zero-order chi connectivity index (χ0) is 20.3. The number of carbonyl (C=O) groups is 1. The van der Waals surface area contributed by atoms with Crippen LogP contribution in [0.5, 0.6) is 0 Å². The van der Waals surface area contributed by atoms with Gasteiger partial charge in [0.1, 0.15) is 5.82 Å². The molecule has 2 aromatic rings. The van der Waals surface area contributed by atoms with E-state index < -0.39 is 10.7 Å². The van der Waals surface area contributed by atoms with Crippen molar-refractivity contribution in [2.24, 2.45) is 0 Å². The number of amides is 1. The van der Waals surface area contributed by atoms with Crippen LogP contribution in [0.1, 0.15) is 34.3 Å². The Kier molecular flexibility index (Phi) is 5.54. The number of carbonyl (C=O) groups excluding carboxylic acids is 1. The number of nitriles is 1.